The van der Waals surface area contributed by atoms with Crippen molar-refractivity contribution >= 4 is 34.7 Å². The third kappa shape index (κ3) is 5.30. The number of benzene rings is 1. The molecule has 1 aliphatic heterocycles. The van der Waals surface area contributed by atoms with E-state index >= 15 is 0 Å². The van der Waals surface area contributed by atoms with Crippen molar-refractivity contribution in [1.82, 2.24) is 44.8 Å². The second-order valence-corrected chi connectivity index (χ2v) is 10.9. The van der Waals surface area contributed by atoms with Gasteiger partial charge in [-0.1, -0.05) is 18.2 Å². The summed E-state index contributed by atoms with van der Waals surface area (Å²) in [4.78, 5) is 31.5. The van der Waals surface area contributed by atoms with Crippen molar-refractivity contribution in [3.8, 4) is 16.9 Å². The molecule has 0 spiro atoms. The number of likely N-dealkylation sites (tertiary alicyclic amines) is 1. The predicted molar refractivity (Wildman–Crippen MR) is 162 cm³/mol. The Hall–Kier alpha value is -5.37. The molecule has 2 amide bonds. The van der Waals surface area contributed by atoms with E-state index in [1.165, 1.54) is 7.05 Å². The highest BCUT2D eigenvalue weighted by Gasteiger charge is 2.31. The third-order valence-corrected chi connectivity index (χ3v) is 7.91. The molecule has 0 bridgehead atoms. The molecular weight excluding hydrogens is 562 g/mol. The molecule has 1 aliphatic carbocycles. The van der Waals surface area contributed by atoms with E-state index in [9.17, 15) is 9.59 Å². The largest absolute Gasteiger partial charge is 0.494 e. The van der Waals surface area contributed by atoms with Gasteiger partial charge in [0.05, 0.1) is 36.4 Å². The molecule has 224 valence electrons. The fourth-order valence-corrected chi connectivity index (χ4v) is 5.40. The summed E-state index contributed by atoms with van der Waals surface area (Å²) in [5.41, 5.74) is 4.76. The van der Waals surface area contributed by atoms with Crippen molar-refractivity contribution in [1.29, 1.82) is 0 Å². The number of anilines is 3. The smallest absolute Gasteiger partial charge is 0.273 e. The van der Waals surface area contributed by atoms with Gasteiger partial charge in [0.2, 0.25) is 5.91 Å². The number of pyridine rings is 1. The average Bonchev–Trinajstić information content (AvgIpc) is 3.56. The summed E-state index contributed by atoms with van der Waals surface area (Å²) in [6.45, 7) is 2.50. The molecule has 44 heavy (non-hydrogen) atoms. The van der Waals surface area contributed by atoms with Crippen LogP contribution in [0.15, 0.2) is 61.2 Å². The number of hydrogen-bond donors (Lipinski definition) is 3. The fourth-order valence-electron chi connectivity index (χ4n) is 5.40. The van der Waals surface area contributed by atoms with Gasteiger partial charge in [0, 0.05) is 56.0 Å². The number of para-hydroxylation sites is 1. The third-order valence-electron chi connectivity index (χ3n) is 7.91. The number of carbonyl (C=O) groups is 2. The van der Waals surface area contributed by atoms with Gasteiger partial charge in [-0.15, -0.1) is 10.2 Å². The van der Waals surface area contributed by atoms with Crippen molar-refractivity contribution < 1.29 is 14.3 Å². The Labute approximate surface area is 252 Å². The molecule has 14 heteroatoms. The monoisotopic (exact) mass is 593 g/mol. The summed E-state index contributed by atoms with van der Waals surface area (Å²) < 4.78 is 9.72. The lowest BCUT2D eigenvalue weighted by atomic mass is 10.1. The van der Waals surface area contributed by atoms with Gasteiger partial charge in [0.25, 0.3) is 5.91 Å². The number of fused-ring (bicyclic) bond motifs is 1. The fraction of sp³-hybridized carbons (Fsp3) is 0.300. The lowest BCUT2D eigenvalue weighted by molar-refractivity contribution is -0.117. The minimum Gasteiger partial charge on any atom is -0.494 e. The molecule has 1 saturated heterocycles. The summed E-state index contributed by atoms with van der Waals surface area (Å²) in [5, 5.41) is 25.8. The summed E-state index contributed by atoms with van der Waals surface area (Å²) in [6.07, 6.45) is 7.15. The van der Waals surface area contributed by atoms with E-state index in [4.69, 9.17) is 4.74 Å². The molecule has 7 rings (SSSR count). The maximum atomic E-state index is 12.6. The van der Waals surface area contributed by atoms with Gasteiger partial charge in [-0.2, -0.15) is 10.2 Å². The Morgan fingerprint density at radius 2 is 1.89 bits per heavy atom. The number of ether oxygens (including phenoxy) is 1. The maximum absolute atomic E-state index is 12.6. The van der Waals surface area contributed by atoms with Crippen LogP contribution in [0.1, 0.15) is 35.1 Å². The number of aromatic nitrogens is 7. The molecule has 1 saturated carbocycles. The van der Waals surface area contributed by atoms with E-state index < -0.39 is 5.91 Å². The first-order valence-corrected chi connectivity index (χ1v) is 14.4. The van der Waals surface area contributed by atoms with E-state index in [1.54, 1.807) is 19.5 Å². The van der Waals surface area contributed by atoms with Crippen LogP contribution in [0.3, 0.4) is 0 Å². The zero-order valence-electron chi connectivity index (χ0n) is 24.3. The Kier molecular flexibility index (Phi) is 7.10. The SMILES string of the molecule is CNC(=O)c1nnc(NC(=O)C2CC2)cc1Nc1cccc(-c2cnn(C3CN(Cc4cccc5ncnn45)C3)c2)c1OC. The van der Waals surface area contributed by atoms with Crippen LogP contribution in [0.4, 0.5) is 17.2 Å². The second kappa shape index (κ2) is 11.4. The Morgan fingerprint density at radius 3 is 2.68 bits per heavy atom. The Balaban J connectivity index is 1.09. The van der Waals surface area contributed by atoms with Crippen LogP contribution in [0, 0.1) is 5.92 Å². The first-order chi connectivity index (χ1) is 21.5. The van der Waals surface area contributed by atoms with E-state index in [0.29, 0.717) is 17.1 Å². The van der Waals surface area contributed by atoms with Gasteiger partial charge in [0.15, 0.2) is 17.2 Å². The van der Waals surface area contributed by atoms with Crippen LogP contribution in [0.25, 0.3) is 16.8 Å². The van der Waals surface area contributed by atoms with Crippen LogP contribution in [0.5, 0.6) is 5.75 Å². The van der Waals surface area contributed by atoms with E-state index in [1.807, 2.05) is 51.9 Å². The highest BCUT2D eigenvalue weighted by atomic mass is 16.5. The van der Waals surface area contributed by atoms with E-state index in [0.717, 1.165) is 54.9 Å². The van der Waals surface area contributed by atoms with Crippen molar-refractivity contribution in [3.05, 3.63) is 72.6 Å². The van der Waals surface area contributed by atoms with Gasteiger partial charge in [-0.05, 0) is 31.0 Å². The molecule has 3 N–H and O–H groups in total. The van der Waals surface area contributed by atoms with Gasteiger partial charge < -0.3 is 20.7 Å². The number of carbonyl (C=O) groups excluding carboxylic acids is 2. The molecule has 5 heterocycles. The molecule has 2 fully saturated rings. The predicted octanol–water partition coefficient (Wildman–Crippen LogP) is 2.90. The molecule has 5 aromatic rings. The number of rotatable bonds is 10. The Morgan fingerprint density at radius 1 is 1.05 bits per heavy atom. The van der Waals surface area contributed by atoms with Crippen molar-refractivity contribution in [2.45, 2.75) is 25.4 Å². The van der Waals surface area contributed by atoms with Gasteiger partial charge in [-0.3, -0.25) is 19.2 Å². The lowest BCUT2D eigenvalue weighted by Crippen LogP contribution is -2.47. The molecular formula is C30H31N11O3. The van der Waals surface area contributed by atoms with Gasteiger partial charge in [-0.25, -0.2) is 9.50 Å². The van der Waals surface area contributed by atoms with Gasteiger partial charge >= 0.3 is 0 Å². The minimum absolute atomic E-state index is 0.00192. The standard InChI is InChI=1S/C30H31N11O3/c1-31-30(43)27-24(11-25(37-38-27)36-29(42)18-9-10-18)35-23-7-4-6-22(28(23)44-2)19-12-33-40(13-19)21-15-39(16-21)14-20-5-3-8-26-32-17-34-41(20)26/h3-8,11-13,17-18,21H,9-10,14-16H2,1-2H3,(H,31,43)(H2,35,36,37,42). The number of hydrogen-bond acceptors (Lipinski definition) is 10. The summed E-state index contributed by atoms with van der Waals surface area (Å²) in [6, 6.07) is 13.6. The topological polar surface area (TPSA) is 156 Å². The second-order valence-electron chi connectivity index (χ2n) is 10.9. The molecule has 14 nitrogen and oxygen atoms in total. The maximum Gasteiger partial charge on any atom is 0.273 e. The lowest BCUT2D eigenvalue weighted by Gasteiger charge is -2.39. The Bertz CT molecular complexity index is 1860. The summed E-state index contributed by atoms with van der Waals surface area (Å²) >= 11 is 0. The highest BCUT2D eigenvalue weighted by molar-refractivity contribution is 6.00. The number of nitrogens with zero attached hydrogens (tertiary/aromatic N) is 8. The van der Waals surface area contributed by atoms with Crippen LogP contribution >= 0.6 is 0 Å². The first-order valence-electron chi connectivity index (χ1n) is 14.4. The quantitative estimate of drug-likeness (QED) is 0.220. The zero-order chi connectivity index (χ0) is 30.2. The van der Waals surface area contributed by atoms with Crippen molar-refractivity contribution in [2.24, 2.45) is 5.92 Å². The molecule has 2 aliphatic rings. The van der Waals surface area contributed by atoms with Crippen molar-refractivity contribution in [3.63, 3.8) is 0 Å². The zero-order valence-corrected chi connectivity index (χ0v) is 24.3. The summed E-state index contributed by atoms with van der Waals surface area (Å²) in [5.74, 6) is 0.329. The average molecular weight is 594 g/mol. The number of amides is 2. The van der Waals surface area contributed by atoms with Gasteiger partial charge in [0.1, 0.15) is 12.1 Å². The van der Waals surface area contributed by atoms with E-state index in [-0.39, 0.29) is 29.4 Å². The number of methoxy groups -OCH3 is 1. The first kappa shape index (κ1) is 27.5. The molecule has 0 atom stereocenters. The van der Waals surface area contributed by atoms with Crippen molar-refractivity contribution in [2.75, 3.05) is 37.9 Å². The highest BCUT2D eigenvalue weighted by Crippen LogP contribution is 2.39. The molecule has 0 radical (unpaired) electrons. The summed E-state index contributed by atoms with van der Waals surface area (Å²) in [7, 11) is 3.12. The van der Waals surface area contributed by atoms with Crippen LogP contribution in [-0.4, -0.2) is 78.5 Å². The molecule has 4 aromatic heterocycles. The molecule has 1 aromatic carbocycles. The normalized spacial score (nSPS) is 15.1. The van der Waals surface area contributed by atoms with E-state index in [2.05, 4.69) is 52.3 Å². The van der Waals surface area contributed by atoms with Crippen LogP contribution in [0.2, 0.25) is 0 Å². The minimum atomic E-state index is -0.413. The molecule has 0 unspecified atom stereocenters. The number of nitrogens with one attached hydrogen (secondary N) is 3. The van der Waals surface area contributed by atoms with Crippen LogP contribution in [-0.2, 0) is 11.3 Å². The van der Waals surface area contributed by atoms with Crippen LogP contribution < -0.4 is 20.7 Å².